The molecule has 3 aromatic carbocycles. The Morgan fingerprint density at radius 2 is 1.87 bits per heavy atom. The fourth-order valence-corrected chi connectivity index (χ4v) is 4.34. The molecule has 1 saturated carbocycles. The first kappa shape index (κ1) is 19.4. The van der Waals surface area contributed by atoms with Gasteiger partial charge in [-0.2, -0.15) is 0 Å². The van der Waals surface area contributed by atoms with Crippen molar-refractivity contribution in [2.45, 2.75) is 31.6 Å². The third kappa shape index (κ3) is 3.46. The third-order valence-electron chi connectivity index (χ3n) is 6.34. The molecule has 0 unspecified atom stereocenters. The number of amides is 1. The number of carbonyl (C=O) groups is 2. The zero-order valence-corrected chi connectivity index (χ0v) is 17.3. The summed E-state index contributed by atoms with van der Waals surface area (Å²) in [7, 11) is 0. The minimum Gasteiger partial charge on any atom is -0.493 e. The molecule has 0 bridgehead atoms. The number of benzene rings is 3. The quantitative estimate of drug-likeness (QED) is 0.620. The average molecular weight is 413 g/mol. The number of rotatable bonds is 5. The van der Waals surface area contributed by atoms with Gasteiger partial charge in [0.1, 0.15) is 5.75 Å². The fourth-order valence-electron chi connectivity index (χ4n) is 4.34. The lowest BCUT2D eigenvalue weighted by Gasteiger charge is -2.18. The van der Waals surface area contributed by atoms with Crippen LogP contribution < -0.4 is 10.1 Å². The lowest BCUT2D eigenvalue weighted by atomic mass is 9.92. The van der Waals surface area contributed by atoms with Crippen molar-refractivity contribution in [1.82, 2.24) is 0 Å². The lowest BCUT2D eigenvalue weighted by molar-refractivity contribution is -0.118. The van der Waals surface area contributed by atoms with Gasteiger partial charge in [-0.25, -0.2) is 4.79 Å². The number of fused-ring (bicyclic) bond motifs is 1. The molecule has 1 fully saturated rings. The van der Waals surface area contributed by atoms with Gasteiger partial charge in [0.2, 0.25) is 5.91 Å². The Labute approximate surface area is 180 Å². The molecule has 5 rings (SSSR count). The van der Waals surface area contributed by atoms with Crippen LogP contribution in [0.15, 0.2) is 60.7 Å². The van der Waals surface area contributed by atoms with Gasteiger partial charge in [0.05, 0.1) is 17.6 Å². The lowest BCUT2D eigenvalue weighted by Crippen LogP contribution is -2.27. The second-order valence-corrected chi connectivity index (χ2v) is 8.37. The molecule has 1 aliphatic heterocycles. The Morgan fingerprint density at radius 3 is 2.65 bits per heavy atom. The Bertz CT molecular complexity index is 1210. The molecule has 0 atom stereocenters. The highest BCUT2D eigenvalue weighted by molar-refractivity contribution is 6.02. The van der Waals surface area contributed by atoms with E-state index in [-0.39, 0.29) is 11.5 Å². The fraction of sp³-hybridized carbons (Fsp3) is 0.231. The number of carboxylic acid groups (broad SMARTS) is 1. The first-order valence-electron chi connectivity index (χ1n) is 10.5. The number of carbonyl (C=O) groups excluding carboxylic acids is 1. The Hall–Kier alpha value is -3.60. The zero-order chi connectivity index (χ0) is 21.6. The number of hydrogen-bond acceptors (Lipinski definition) is 3. The van der Waals surface area contributed by atoms with Gasteiger partial charge in [-0.15, -0.1) is 0 Å². The standard InChI is InChI=1S/C26H23NO4/c1-16-5-7-21(15-22(16)17-3-2-4-19(13-17)24(28)29)27-25(30)26(10-11-26)20-6-8-23-18(14-20)9-12-31-23/h2-8,13-15H,9-12H2,1H3,(H,27,30)(H,28,29). The summed E-state index contributed by atoms with van der Waals surface area (Å²) < 4.78 is 5.59. The topological polar surface area (TPSA) is 75.6 Å². The predicted molar refractivity (Wildman–Crippen MR) is 119 cm³/mol. The van der Waals surface area contributed by atoms with Gasteiger partial charge in [0, 0.05) is 12.1 Å². The molecule has 1 aliphatic carbocycles. The summed E-state index contributed by atoms with van der Waals surface area (Å²) in [6.45, 7) is 2.68. The number of carboxylic acids is 1. The molecule has 1 heterocycles. The Morgan fingerprint density at radius 1 is 1.03 bits per heavy atom. The number of anilines is 1. The summed E-state index contributed by atoms with van der Waals surface area (Å²) in [5, 5.41) is 12.4. The van der Waals surface area contributed by atoms with Crippen LogP contribution in [0, 0.1) is 6.92 Å². The van der Waals surface area contributed by atoms with Crippen molar-refractivity contribution < 1.29 is 19.4 Å². The van der Waals surface area contributed by atoms with Crippen molar-refractivity contribution in [3.05, 3.63) is 82.9 Å². The molecule has 0 aromatic heterocycles. The van der Waals surface area contributed by atoms with Crippen LogP contribution >= 0.6 is 0 Å². The maximum atomic E-state index is 13.3. The maximum absolute atomic E-state index is 13.3. The molecule has 5 heteroatoms. The average Bonchev–Trinajstić information content (AvgIpc) is 3.46. The Kier molecular flexibility index (Phi) is 4.54. The van der Waals surface area contributed by atoms with E-state index in [2.05, 4.69) is 11.4 Å². The van der Waals surface area contributed by atoms with Crippen LogP contribution in [0.5, 0.6) is 5.75 Å². The van der Waals surface area contributed by atoms with Crippen LogP contribution in [-0.2, 0) is 16.6 Å². The van der Waals surface area contributed by atoms with Crippen molar-refractivity contribution in [2.75, 3.05) is 11.9 Å². The molecule has 156 valence electrons. The summed E-state index contributed by atoms with van der Waals surface area (Å²) in [5.74, 6) is -0.0356. The highest BCUT2D eigenvalue weighted by atomic mass is 16.5. The normalized spacial score (nSPS) is 15.6. The first-order chi connectivity index (χ1) is 15.0. The minimum absolute atomic E-state index is 0.000421. The van der Waals surface area contributed by atoms with Crippen molar-refractivity contribution in [3.63, 3.8) is 0 Å². The number of aryl methyl sites for hydroxylation is 1. The van der Waals surface area contributed by atoms with Gasteiger partial charge in [-0.05, 0) is 77.9 Å². The number of nitrogens with one attached hydrogen (secondary N) is 1. The number of hydrogen-bond donors (Lipinski definition) is 2. The van der Waals surface area contributed by atoms with Gasteiger partial charge in [0.25, 0.3) is 0 Å². The second kappa shape index (κ2) is 7.27. The van der Waals surface area contributed by atoms with Crippen LogP contribution in [0.3, 0.4) is 0 Å². The molecule has 2 aliphatic rings. The molecule has 2 N–H and O–H groups in total. The van der Waals surface area contributed by atoms with Crippen LogP contribution in [0.1, 0.15) is 39.9 Å². The molecular weight excluding hydrogens is 390 g/mol. The van der Waals surface area contributed by atoms with Gasteiger partial charge in [0.15, 0.2) is 0 Å². The van der Waals surface area contributed by atoms with Crippen molar-refractivity contribution in [3.8, 4) is 16.9 Å². The van der Waals surface area contributed by atoms with Gasteiger partial charge >= 0.3 is 5.97 Å². The summed E-state index contributed by atoms with van der Waals surface area (Å²) in [6.07, 6.45) is 2.55. The molecule has 0 saturated heterocycles. The van der Waals surface area contributed by atoms with E-state index >= 15 is 0 Å². The van der Waals surface area contributed by atoms with E-state index in [4.69, 9.17) is 4.74 Å². The van der Waals surface area contributed by atoms with Gasteiger partial charge < -0.3 is 15.2 Å². The van der Waals surface area contributed by atoms with E-state index in [0.29, 0.717) is 12.3 Å². The Balaban J connectivity index is 1.42. The third-order valence-corrected chi connectivity index (χ3v) is 6.34. The first-order valence-corrected chi connectivity index (χ1v) is 10.5. The molecule has 0 radical (unpaired) electrons. The van der Waals surface area contributed by atoms with Crippen LogP contribution in [0.4, 0.5) is 5.69 Å². The largest absolute Gasteiger partial charge is 0.493 e. The molecule has 3 aromatic rings. The molecule has 5 nitrogen and oxygen atoms in total. The SMILES string of the molecule is Cc1ccc(NC(=O)C2(c3ccc4c(c3)CCO4)CC2)cc1-c1cccc(C(=O)O)c1. The highest BCUT2D eigenvalue weighted by Gasteiger charge is 2.51. The van der Waals surface area contributed by atoms with Gasteiger partial charge in [-0.3, -0.25) is 4.79 Å². The van der Waals surface area contributed by atoms with Crippen LogP contribution in [-0.4, -0.2) is 23.6 Å². The monoisotopic (exact) mass is 413 g/mol. The van der Waals surface area contributed by atoms with E-state index in [0.717, 1.165) is 47.3 Å². The number of aromatic carboxylic acids is 1. The molecule has 1 amide bonds. The molecule has 0 spiro atoms. The summed E-state index contributed by atoms with van der Waals surface area (Å²) in [4.78, 5) is 24.6. The minimum atomic E-state index is -0.959. The van der Waals surface area contributed by atoms with Crippen LogP contribution in [0.2, 0.25) is 0 Å². The van der Waals surface area contributed by atoms with E-state index in [1.807, 2.05) is 43.3 Å². The predicted octanol–water partition coefficient (Wildman–Crippen LogP) is 4.97. The summed E-state index contributed by atoms with van der Waals surface area (Å²) in [5.41, 5.74) is 5.43. The highest BCUT2D eigenvalue weighted by Crippen LogP contribution is 2.50. The van der Waals surface area contributed by atoms with E-state index in [9.17, 15) is 14.7 Å². The van der Waals surface area contributed by atoms with Crippen molar-refractivity contribution >= 4 is 17.6 Å². The summed E-state index contributed by atoms with van der Waals surface area (Å²) >= 11 is 0. The maximum Gasteiger partial charge on any atom is 0.335 e. The zero-order valence-electron chi connectivity index (χ0n) is 17.3. The van der Waals surface area contributed by atoms with Gasteiger partial charge in [-0.1, -0.05) is 30.3 Å². The molecule has 31 heavy (non-hydrogen) atoms. The number of ether oxygens (including phenoxy) is 1. The van der Waals surface area contributed by atoms with Crippen molar-refractivity contribution in [1.29, 1.82) is 0 Å². The van der Waals surface area contributed by atoms with Crippen molar-refractivity contribution in [2.24, 2.45) is 0 Å². The summed E-state index contributed by atoms with van der Waals surface area (Å²) in [6, 6.07) is 18.7. The molecular formula is C26H23NO4. The van der Waals surface area contributed by atoms with Crippen LogP contribution in [0.25, 0.3) is 11.1 Å². The second-order valence-electron chi connectivity index (χ2n) is 8.37. The van der Waals surface area contributed by atoms with E-state index in [1.54, 1.807) is 18.2 Å². The smallest absolute Gasteiger partial charge is 0.335 e. The van der Waals surface area contributed by atoms with E-state index in [1.165, 1.54) is 5.56 Å². The van der Waals surface area contributed by atoms with E-state index < -0.39 is 11.4 Å².